The number of nitrogens with one attached hydrogen (secondary N) is 1. The topological polar surface area (TPSA) is 178 Å². The van der Waals surface area contributed by atoms with Crippen molar-refractivity contribution in [2.24, 2.45) is 16.6 Å². The normalized spacial score (nSPS) is 21.4. The molecule has 1 aliphatic heterocycles. The zero-order valence-electron chi connectivity index (χ0n) is 25.9. The molecule has 4 N–H and O–H groups in total. The number of halogens is 2. The van der Waals surface area contributed by atoms with Gasteiger partial charge in [-0.3, -0.25) is 14.4 Å². The van der Waals surface area contributed by atoms with E-state index in [-0.39, 0.29) is 53.7 Å². The summed E-state index contributed by atoms with van der Waals surface area (Å²) < 4.78 is 25.2. The molecule has 0 saturated heterocycles. The van der Waals surface area contributed by atoms with Gasteiger partial charge in [-0.1, -0.05) is 6.07 Å². The van der Waals surface area contributed by atoms with Gasteiger partial charge >= 0.3 is 11.9 Å². The zero-order valence-corrected chi connectivity index (χ0v) is 26.7. The summed E-state index contributed by atoms with van der Waals surface area (Å²) in [4.78, 5) is 53.4. The van der Waals surface area contributed by atoms with Crippen LogP contribution in [-0.4, -0.2) is 69.8 Å². The van der Waals surface area contributed by atoms with Crippen LogP contribution < -0.4 is 20.7 Å². The van der Waals surface area contributed by atoms with E-state index in [4.69, 9.17) is 15.2 Å². The van der Waals surface area contributed by atoms with E-state index >= 15 is 0 Å². The van der Waals surface area contributed by atoms with E-state index in [0.717, 1.165) is 72.3 Å². The molecule has 2 bridgehead atoms. The largest absolute Gasteiger partial charge is 0.482 e. The second-order valence-corrected chi connectivity index (χ2v) is 12.2. The Bertz CT molecular complexity index is 1640. The molecule has 2 aromatic heterocycles. The van der Waals surface area contributed by atoms with E-state index in [1.165, 1.54) is 7.11 Å². The number of carbonyl (C=O) groups is 4. The van der Waals surface area contributed by atoms with E-state index in [1.54, 1.807) is 4.90 Å². The second kappa shape index (κ2) is 13.6. The number of carboxylic acids is 1. The van der Waals surface area contributed by atoms with Gasteiger partial charge in [0.1, 0.15) is 11.4 Å². The average Bonchev–Trinajstić information content (AvgIpc) is 3.43. The zero-order chi connectivity index (χ0) is 32.5. The van der Waals surface area contributed by atoms with Crippen molar-refractivity contribution in [2.75, 3.05) is 25.2 Å². The number of aromatic carboxylic acids is 1. The van der Waals surface area contributed by atoms with E-state index in [0.29, 0.717) is 13.1 Å². The van der Waals surface area contributed by atoms with Crippen LogP contribution in [0.3, 0.4) is 0 Å². The lowest BCUT2D eigenvalue weighted by molar-refractivity contribution is -0.162. The lowest BCUT2D eigenvalue weighted by Crippen LogP contribution is -2.50. The van der Waals surface area contributed by atoms with Gasteiger partial charge in [-0.05, 0) is 75.5 Å². The number of nitrogens with zero attached hydrogens (tertiary/aromatic N) is 4. The Kier molecular flexibility index (Phi) is 10.2. The summed E-state index contributed by atoms with van der Waals surface area (Å²) in [5.41, 5.74) is 6.07. The van der Waals surface area contributed by atoms with Crippen molar-refractivity contribution in [1.29, 1.82) is 0 Å². The number of carbonyl (C=O) groups excluding carboxylic acids is 3. The smallest absolute Gasteiger partial charge is 0.354 e. The Balaban J connectivity index is 0.000000240. The van der Waals surface area contributed by atoms with Crippen LogP contribution in [0.1, 0.15) is 78.9 Å². The summed E-state index contributed by atoms with van der Waals surface area (Å²) in [6.45, 7) is 4.95. The van der Waals surface area contributed by atoms with Crippen LogP contribution in [0.15, 0.2) is 30.5 Å². The molecule has 4 aliphatic rings. The van der Waals surface area contributed by atoms with E-state index in [9.17, 15) is 28.7 Å². The molecule has 0 spiro atoms. The van der Waals surface area contributed by atoms with Crippen molar-refractivity contribution in [3.05, 3.63) is 53.2 Å². The Morgan fingerprint density at radius 1 is 1.15 bits per heavy atom. The van der Waals surface area contributed by atoms with E-state index in [2.05, 4.69) is 15.4 Å². The molecule has 7 rings (SSSR count). The first-order valence-electron chi connectivity index (χ1n) is 14.8. The molecule has 3 saturated carbocycles. The van der Waals surface area contributed by atoms with Gasteiger partial charge in [0.2, 0.25) is 0 Å². The van der Waals surface area contributed by atoms with Gasteiger partial charge in [-0.25, -0.2) is 18.7 Å². The Hall–Kier alpha value is -4.30. The molecule has 15 heteroatoms. The number of hydrogen-bond donors (Lipinski definition) is 3. The third kappa shape index (κ3) is 6.49. The first-order valence-corrected chi connectivity index (χ1v) is 14.8. The second-order valence-electron chi connectivity index (χ2n) is 12.2. The van der Waals surface area contributed by atoms with Crippen molar-refractivity contribution in [3.63, 3.8) is 0 Å². The summed E-state index contributed by atoms with van der Waals surface area (Å²) in [6.07, 6.45) is 5.45. The summed E-state index contributed by atoms with van der Waals surface area (Å²) in [7, 11) is 1.41. The number of esters is 1. The first-order chi connectivity index (χ1) is 21.4. The van der Waals surface area contributed by atoms with Crippen molar-refractivity contribution >= 4 is 47.5 Å². The number of rotatable bonds is 7. The molecule has 2 amide bonds. The Morgan fingerprint density at radius 3 is 2.41 bits per heavy atom. The number of carboxylic acid groups (broad SMARTS) is 1. The molecule has 3 heterocycles. The maximum atomic E-state index is 13.9. The molecular formula is C31H38ClFN6O7. The lowest BCUT2D eigenvalue weighted by atomic mass is 9.53. The summed E-state index contributed by atoms with van der Waals surface area (Å²) in [5.74, 6) is -2.12. The van der Waals surface area contributed by atoms with Crippen LogP contribution >= 0.6 is 12.4 Å². The summed E-state index contributed by atoms with van der Waals surface area (Å²) >= 11 is 0. The maximum absolute atomic E-state index is 13.9. The summed E-state index contributed by atoms with van der Waals surface area (Å²) in [6, 6.07) is 6.93. The number of ether oxygens (including phenoxy) is 2. The van der Waals surface area contributed by atoms with Crippen molar-refractivity contribution in [1.82, 2.24) is 19.9 Å². The SMILES string of the molecule is CC(C)N1C(=O)COc2ccc(CN)cc21.COC(=O)C12CCC(CNC(=O)c3cc(C(=O)O)nc4c(F)cnn34)(CC1)CC2.Cl. The number of amides is 2. The Labute approximate surface area is 271 Å². The highest BCUT2D eigenvalue weighted by Gasteiger charge is 2.53. The van der Waals surface area contributed by atoms with Gasteiger partial charge < -0.3 is 30.5 Å². The molecule has 3 fully saturated rings. The van der Waals surface area contributed by atoms with E-state index in [1.807, 2.05) is 32.0 Å². The number of aromatic nitrogens is 3. The van der Waals surface area contributed by atoms with Gasteiger partial charge in [-0.15, -0.1) is 12.4 Å². The highest BCUT2D eigenvalue weighted by Crippen LogP contribution is 2.57. The first kappa shape index (κ1) is 34.6. The van der Waals surface area contributed by atoms with Crippen LogP contribution in [0.5, 0.6) is 5.75 Å². The fraction of sp³-hybridized carbons (Fsp3) is 0.484. The summed E-state index contributed by atoms with van der Waals surface area (Å²) in [5, 5.41) is 15.8. The fourth-order valence-electron chi connectivity index (χ4n) is 6.53. The number of anilines is 1. The molecular weight excluding hydrogens is 623 g/mol. The number of fused-ring (bicyclic) bond motifs is 5. The molecule has 3 aliphatic carbocycles. The van der Waals surface area contributed by atoms with E-state index < -0.39 is 28.8 Å². The highest BCUT2D eigenvalue weighted by atomic mass is 35.5. The number of hydrogen-bond acceptors (Lipinski definition) is 9. The van der Waals surface area contributed by atoms with Gasteiger partial charge in [0, 0.05) is 25.2 Å². The number of benzene rings is 1. The molecule has 248 valence electrons. The average molecular weight is 661 g/mol. The predicted octanol–water partition coefficient (Wildman–Crippen LogP) is 3.51. The van der Waals surface area contributed by atoms with Crippen molar-refractivity contribution in [2.45, 2.75) is 65.0 Å². The number of nitrogens with two attached hydrogens (primary N) is 1. The van der Waals surface area contributed by atoms with Crippen molar-refractivity contribution in [3.8, 4) is 5.75 Å². The van der Waals surface area contributed by atoms with Gasteiger partial charge in [0.05, 0.1) is 24.4 Å². The third-order valence-electron chi connectivity index (χ3n) is 9.18. The predicted molar refractivity (Wildman–Crippen MR) is 167 cm³/mol. The maximum Gasteiger partial charge on any atom is 0.354 e. The van der Waals surface area contributed by atoms with Gasteiger partial charge in [0.15, 0.2) is 23.8 Å². The minimum Gasteiger partial charge on any atom is -0.482 e. The molecule has 0 unspecified atom stereocenters. The number of methoxy groups -OCH3 is 1. The third-order valence-corrected chi connectivity index (χ3v) is 9.18. The van der Waals surface area contributed by atoms with Crippen LogP contribution in [0.4, 0.5) is 10.1 Å². The van der Waals surface area contributed by atoms with Crippen LogP contribution in [-0.2, 0) is 20.9 Å². The molecule has 0 radical (unpaired) electrons. The van der Waals surface area contributed by atoms with Crippen LogP contribution in [0.25, 0.3) is 5.65 Å². The van der Waals surface area contributed by atoms with Crippen LogP contribution in [0.2, 0.25) is 0 Å². The fourth-order valence-corrected chi connectivity index (χ4v) is 6.53. The quantitative estimate of drug-likeness (QED) is 0.318. The minimum absolute atomic E-state index is 0. The molecule has 1 aromatic carbocycles. The minimum atomic E-state index is -1.36. The molecule has 46 heavy (non-hydrogen) atoms. The monoisotopic (exact) mass is 660 g/mol. The van der Waals surface area contributed by atoms with Crippen molar-refractivity contribution < 1.29 is 38.1 Å². The molecule has 0 atom stereocenters. The van der Waals surface area contributed by atoms with Gasteiger partial charge in [-0.2, -0.15) is 5.10 Å². The molecule has 3 aromatic rings. The van der Waals surface area contributed by atoms with Gasteiger partial charge in [0.25, 0.3) is 11.8 Å². The highest BCUT2D eigenvalue weighted by molar-refractivity contribution is 5.98. The molecule has 13 nitrogen and oxygen atoms in total. The Morgan fingerprint density at radius 2 is 1.83 bits per heavy atom. The lowest BCUT2D eigenvalue weighted by Gasteiger charge is -2.51. The standard InChI is InChI=1S/C19H21FN4O5.C12H16N2O2.ClH/c1-29-17(28)19-5-2-18(3-6-19,4-7-19)10-21-15(25)13-8-12(16(26)27)23-14-11(20)9-22-24(13)14;1-8(2)14-10-5-9(6-13)3-4-11(10)16-7-12(14)15;/h8-9H,2-7,10H2,1H3,(H,21,25)(H,26,27);3-5,8H,6-7,13H2,1-2H3;1H. The van der Waals surface area contributed by atoms with Crippen LogP contribution in [0, 0.1) is 16.6 Å².